The van der Waals surface area contributed by atoms with E-state index in [1.54, 1.807) is 0 Å². The number of rotatable bonds is 5. The molecule has 1 saturated carbocycles. The van der Waals surface area contributed by atoms with Crippen LogP contribution in [0.4, 0.5) is 4.79 Å². The highest BCUT2D eigenvalue weighted by Crippen LogP contribution is 2.41. The number of ether oxygens (including phenoxy) is 1. The van der Waals surface area contributed by atoms with Gasteiger partial charge in [0.1, 0.15) is 6.61 Å². The Morgan fingerprint density at radius 2 is 1.91 bits per heavy atom. The number of benzene rings is 1. The zero-order chi connectivity index (χ0) is 16.9. The van der Waals surface area contributed by atoms with Crippen LogP contribution in [0.25, 0.3) is 0 Å². The number of hydrogen-bond acceptors (Lipinski definition) is 3. The Morgan fingerprint density at radius 3 is 2.52 bits per heavy atom. The summed E-state index contributed by atoms with van der Waals surface area (Å²) in [6, 6.07) is 9.56. The fraction of sp³-hybridized carbons (Fsp3) is 0.632. The number of aliphatic hydroxyl groups is 1. The standard InChI is InChI=1S/C19H29NO3/c1-18(2)11-9-16(10-12-18)19(3,22)14-20-17(21)23-13-15-7-5-4-6-8-15/h4-8,16,22H,9-14H2,1-3H3,(H,20,21). The van der Waals surface area contributed by atoms with Crippen molar-refractivity contribution < 1.29 is 14.6 Å². The van der Waals surface area contributed by atoms with E-state index >= 15 is 0 Å². The first-order chi connectivity index (χ1) is 10.8. The molecule has 1 aliphatic carbocycles. The molecule has 1 aliphatic rings. The largest absolute Gasteiger partial charge is 0.445 e. The SMILES string of the molecule is CC1(C)CCC(C(C)(O)CNC(=O)OCc2ccccc2)CC1. The molecule has 4 heteroatoms. The molecule has 0 bridgehead atoms. The Balaban J connectivity index is 1.74. The van der Waals surface area contributed by atoms with Crippen molar-refractivity contribution in [3.8, 4) is 0 Å². The van der Waals surface area contributed by atoms with Crippen molar-refractivity contribution in [3.63, 3.8) is 0 Å². The third-order valence-electron chi connectivity index (χ3n) is 5.02. The van der Waals surface area contributed by atoms with Gasteiger partial charge in [-0.3, -0.25) is 0 Å². The number of carbonyl (C=O) groups excluding carboxylic acids is 1. The van der Waals surface area contributed by atoms with Crippen molar-refractivity contribution in [2.24, 2.45) is 11.3 Å². The van der Waals surface area contributed by atoms with Gasteiger partial charge in [0, 0.05) is 6.54 Å². The highest BCUT2D eigenvalue weighted by atomic mass is 16.5. The Bertz CT molecular complexity index is 501. The fourth-order valence-corrected chi connectivity index (χ4v) is 3.19. The fourth-order valence-electron chi connectivity index (χ4n) is 3.19. The number of alkyl carbamates (subject to hydrolysis) is 1. The summed E-state index contributed by atoms with van der Waals surface area (Å²) >= 11 is 0. The molecule has 1 amide bonds. The number of nitrogens with one attached hydrogen (secondary N) is 1. The van der Waals surface area contributed by atoms with E-state index in [0.29, 0.717) is 5.41 Å². The summed E-state index contributed by atoms with van der Waals surface area (Å²) in [4.78, 5) is 11.8. The van der Waals surface area contributed by atoms with Gasteiger partial charge < -0.3 is 15.2 Å². The summed E-state index contributed by atoms with van der Waals surface area (Å²) in [7, 11) is 0. The quantitative estimate of drug-likeness (QED) is 0.866. The summed E-state index contributed by atoms with van der Waals surface area (Å²) in [5.74, 6) is 0.227. The molecular weight excluding hydrogens is 290 g/mol. The topological polar surface area (TPSA) is 58.6 Å². The molecular formula is C19H29NO3. The van der Waals surface area contributed by atoms with Crippen LogP contribution in [0.2, 0.25) is 0 Å². The van der Waals surface area contributed by atoms with Crippen molar-refractivity contribution in [2.45, 2.75) is 58.7 Å². The zero-order valence-corrected chi connectivity index (χ0v) is 14.5. The minimum atomic E-state index is -0.887. The number of hydrogen-bond donors (Lipinski definition) is 2. The summed E-state index contributed by atoms with van der Waals surface area (Å²) in [6.07, 6.45) is 3.75. The Morgan fingerprint density at radius 1 is 1.30 bits per heavy atom. The predicted molar refractivity (Wildman–Crippen MR) is 91.0 cm³/mol. The summed E-state index contributed by atoms with van der Waals surface area (Å²) in [6.45, 7) is 6.83. The van der Waals surface area contributed by atoms with Crippen LogP contribution >= 0.6 is 0 Å². The summed E-state index contributed by atoms with van der Waals surface area (Å²) < 4.78 is 5.18. The molecule has 1 unspecified atom stereocenters. The summed E-state index contributed by atoms with van der Waals surface area (Å²) in [5.41, 5.74) is 0.431. The second-order valence-electron chi connectivity index (χ2n) is 7.71. The van der Waals surface area contributed by atoms with Gasteiger partial charge >= 0.3 is 6.09 Å². The van der Waals surface area contributed by atoms with Gasteiger partial charge in [0.2, 0.25) is 0 Å². The maximum absolute atomic E-state index is 11.8. The molecule has 0 aromatic heterocycles. The van der Waals surface area contributed by atoms with E-state index in [9.17, 15) is 9.90 Å². The van der Waals surface area contributed by atoms with Gasteiger partial charge in [-0.2, -0.15) is 0 Å². The molecule has 1 aromatic rings. The first-order valence-electron chi connectivity index (χ1n) is 8.45. The first-order valence-corrected chi connectivity index (χ1v) is 8.45. The Labute approximate surface area is 139 Å². The minimum absolute atomic E-state index is 0.227. The second kappa shape index (κ2) is 7.35. The van der Waals surface area contributed by atoms with Gasteiger partial charge in [-0.05, 0) is 49.5 Å². The van der Waals surface area contributed by atoms with Crippen LogP contribution in [0.15, 0.2) is 30.3 Å². The van der Waals surface area contributed by atoms with Crippen molar-refractivity contribution in [1.82, 2.24) is 5.32 Å². The van der Waals surface area contributed by atoms with Crippen LogP contribution in [0.5, 0.6) is 0 Å². The van der Waals surface area contributed by atoms with Crippen molar-refractivity contribution in [1.29, 1.82) is 0 Å². The average Bonchev–Trinajstić information content (AvgIpc) is 2.51. The van der Waals surface area contributed by atoms with Crippen LogP contribution in [0.1, 0.15) is 52.0 Å². The Kier molecular flexibility index (Phi) is 5.69. The van der Waals surface area contributed by atoms with E-state index in [-0.39, 0.29) is 19.1 Å². The van der Waals surface area contributed by atoms with Crippen molar-refractivity contribution >= 4 is 6.09 Å². The third kappa shape index (κ3) is 5.54. The van der Waals surface area contributed by atoms with Crippen molar-refractivity contribution in [2.75, 3.05) is 6.54 Å². The average molecular weight is 319 g/mol. The molecule has 2 N–H and O–H groups in total. The highest BCUT2D eigenvalue weighted by molar-refractivity contribution is 5.67. The molecule has 1 aromatic carbocycles. The van der Waals surface area contributed by atoms with Gasteiger partial charge in [-0.15, -0.1) is 0 Å². The predicted octanol–water partition coefficient (Wildman–Crippen LogP) is 3.88. The van der Waals surface area contributed by atoms with E-state index in [2.05, 4.69) is 19.2 Å². The molecule has 0 saturated heterocycles. The molecule has 128 valence electrons. The molecule has 1 atom stereocenters. The molecule has 1 fully saturated rings. The normalized spacial score (nSPS) is 20.5. The maximum Gasteiger partial charge on any atom is 0.407 e. The minimum Gasteiger partial charge on any atom is -0.445 e. The van der Waals surface area contributed by atoms with Gasteiger partial charge in [-0.25, -0.2) is 4.79 Å². The monoisotopic (exact) mass is 319 g/mol. The van der Waals surface area contributed by atoms with E-state index in [0.717, 1.165) is 31.2 Å². The van der Waals surface area contributed by atoms with Crippen LogP contribution in [0.3, 0.4) is 0 Å². The Hall–Kier alpha value is -1.55. The van der Waals surface area contributed by atoms with Crippen LogP contribution in [-0.4, -0.2) is 23.3 Å². The molecule has 0 aliphatic heterocycles. The first kappa shape index (κ1) is 17.8. The smallest absolute Gasteiger partial charge is 0.407 e. The van der Waals surface area contributed by atoms with Crippen molar-refractivity contribution in [3.05, 3.63) is 35.9 Å². The van der Waals surface area contributed by atoms with Gasteiger partial charge in [0.05, 0.1) is 5.60 Å². The van der Waals surface area contributed by atoms with Crippen LogP contribution in [-0.2, 0) is 11.3 Å². The molecule has 0 radical (unpaired) electrons. The van der Waals surface area contributed by atoms with E-state index in [4.69, 9.17) is 4.74 Å². The lowest BCUT2D eigenvalue weighted by atomic mass is 9.68. The van der Waals surface area contributed by atoms with Gasteiger partial charge in [0.15, 0.2) is 0 Å². The maximum atomic E-state index is 11.8. The number of amides is 1. The van der Waals surface area contributed by atoms with Crippen LogP contribution in [0, 0.1) is 11.3 Å². The summed E-state index contributed by atoms with van der Waals surface area (Å²) in [5, 5.41) is 13.4. The molecule has 0 spiro atoms. The van der Waals surface area contributed by atoms with Crippen LogP contribution < -0.4 is 5.32 Å². The second-order valence-corrected chi connectivity index (χ2v) is 7.71. The third-order valence-corrected chi connectivity index (χ3v) is 5.02. The zero-order valence-electron chi connectivity index (χ0n) is 14.5. The molecule has 2 rings (SSSR count). The lowest BCUT2D eigenvalue weighted by Crippen LogP contribution is -2.47. The van der Waals surface area contributed by atoms with E-state index in [1.807, 2.05) is 37.3 Å². The van der Waals surface area contributed by atoms with Gasteiger partial charge in [-0.1, -0.05) is 44.2 Å². The van der Waals surface area contributed by atoms with E-state index in [1.165, 1.54) is 0 Å². The lowest BCUT2D eigenvalue weighted by Gasteiger charge is -2.41. The van der Waals surface area contributed by atoms with E-state index < -0.39 is 11.7 Å². The number of carbonyl (C=O) groups is 1. The highest BCUT2D eigenvalue weighted by Gasteiger charge is 2.37. The van der Waals surface area contributed by atoms with Gasteiger partial charge in [0.25, 0.3) is 0 Å². The molecule has 4 nitrogen and oxygen atoms in total. The lowest BCUT2D eigenvalue weighted by molar-refractivity contribution is -0.0288. The molecule has 23 heavy (non-hydrogen) atoms. The molecule has 0 heterocycles.